The summed E-state index contributed by atoms with van der Waals surface area (Å²) in [6.07, 6.45) is 2.19. The summed E-state index contributed by atoms with van der Waals surface area (Å²) >= 11 is 0. The zero-order valence-electron chi connectivity index (χ0n) is 14.5. The maximum Gasteiger partial charge on any atom is 0.317 e. The van der Waals surface area contributed by atoms with Gasteiger partial charge >= 0.3 is 11.9 Å². The van der Waals surface area contributed by atoms with Gasteiger partial charge in [-0.2, -0.15) is 0 Å². The van der Waals surface area contributed by atoms with Crippen LogP contribution in [0.2, 0.25) is 0 Å². The number of aryl methyl sites for hydroxylation is 1. The number of benzene rings is 1. The second kappa shape index (κ2) is 7.04. The Morgan fingerprint density at radius 2 is 1.88 bits per heavy atom. The fourth-order valence-corrected chi connectivity index (χ4v) is 3.29. The first-order valence-electron chi connectivity index (χ1n) is 8.13. The molecule has 2 heterocycles. The number of aromatic amines is 1. The Kier molecular flexibility index (Phi) is 4.83. The van der Waals surface area contributed by atoms with Crippen LogP contribution in [-0.2, 0) is 20.7 Å². The number of hydrogen-bond acceptors (Lipinski definition) is 6. The third-order valence-corrected chi connectivity index (χ3v) is 4.48. The summed E-state index contributed by atoms with van der Waals surface area (Å²) in [7, 11) is 4.79. The second-order valence-electron chi connectivity index (χ2n) is 5.95. The Morgan fingerprint density at radius 1 is 1.12 bits per heavy atom. The first kappa shape index (κ1) is 17.1. The number of carbonyl (C=O) groups excluding carboxylic acids is 2. The average molecular weight is 347 g/mol. The van der Waals surface area contributed by atoms with E-state index < -0.39 is 11.9 Å². The molecule has 1 aromatic carbocycles. The predicted octanol–water partition coefficient (Wildman–Crippen LogP) is 2.61. The normalized spacial score (nSPS) is 17.0. The van der Waals surface area contributed by atoms with Crippen LogP contribution in [0.1, 0.15) is 25.0 Å². The van der Waals surface area contributed by atoms with E-state index >= 15 is 0 Å². The Labute approximate surface area is 145 Å². The summed E-state index contributed by atoms with van der Waals surface area (Å²) in [5.41, 5.74) is 1.81. The summed E-state index contributed by atoms with van der Waals surface area (Å²) in [6, 6.07) is 3.75. The molecule has 7 heteroatoms. The lowest BCUT2D eigenvalue weighted by Crippen LogP contribution is -2.07. The van der Waals surface area contributed by atoms with Crippen molar-refractivity contribution in [2.45, 2.75) is 25.7 Å². The van der Waals surface area contributed by atoms with E-state index in [0.29, 0.717) is 30.1 Å². The Hall–Kier alpha value is -2.70. The Balaban J connectivity index is 1.82. The lowest BCUT2D eigenvalue weighted by atomic mass is 9.99. The number of ether oxygens (including phenoxy) is 4. The van der Waals surface area contributed by atoms with Gasteiger partial charge in [0.15, 0.2) is 17.2 Å². The molecule has 1 aliphatic heterocycles. The van der Waals surface area contributed by atoms with Gasteiger partial charge in [-0.3, -0.25) is 9.59 Å². The van der Waals surface area contributed by atoms with Crippen LogP contribution in [-0.4, -0.2) is 38.3 Å². The molecule has 0 radical (unpaired) electrons. The molecule has 25 heavy (non-hydrogen) atoms. The molecule has 1 aliphatic rings. The number of fused-ring (bicyclic) bond motifs is 1. The van der Waals surface area contributed by atoms with Gasteiger partial charge in [-0.25, -0.2) is 0 Å². The number of aromatic nitrogens is 1. The van der Waals surface area contributed by atoms with Crippen LogP contribution in [0.5, 0.6) is 17.2 Å². The number of hydrogen-bond donors (Lipinski definition) is 1. The van der Waals surface area contributed by atoms with Crippen LogP contribution in [0.15, 0.2) is 12.1 Å². The molecule has 134 valence electrons. The molecule has 1 aromatic heterocycles. The molecule has 0 saturated carbocycles. The van der Waals surface area contributed by atoms with Gasteiger partial charge in [-0.15, -0.1) is 0 Å². The van der Waals surface area contributed by atoms with Gasteiger partial charge < -0.3 is 23.9 Å². The van der Waals surface area contributed by atoms with Crippen LogP contribution < -0.4 is 14.2 Å². The van der Waals surface area contributed by atoms with E-state index in [-0.39, 0.29) is 12.3 Å². The molecular weight excluding hydrogens is 326 g/mol. The summed E-state index contributed by atoms with van der Waals surface area (Å²) in [4.78, 5) is 26.0. The van der Waals surface area contributed by atoms with Crippen molar-refractivity contribution in [2.24, 2.45) is 5.92 Å². The minimum absolute atomic E-state index is 0.174. The van der Waals surface area contributed by atoms with E-state index in [4.69, 9.17) is 14.2 Å². The number of rotatable bonds is 7. The maximum atomic E-state index is 11.5. The third kappa shape index (κ3) is 3.14. The summed E-state index contributed by atoms with van der Waals surface area (Å²) in [6.45, 7) is 0. The second-order valence-corrected chi connectivity index (χ2v) is 5.95. The zero-order chi connectivity index (χ0) is 18.0. The lowest BCUT2D eigenvalue weighted by Gasteiger charge is -2.10. The van der Waals surface area contributed by atoms with Crippen molar-refractivity contribution in [1.29, 1.82) is 0 Å². The van der Waals surface area contributed by atoms with Gasteiger partial charge in [0.2, 0.25) is 0 Å². The summed E-state index contributed by atoms with van der Waals surface area (Å²) in [5, 5.41) is 0.829. The van der Waals surface area contributed by atoms with Gasteiger partial charge in [0.25, 0.3) is 0 Å². The van der Waals surface area contributed by atoms with Gasteiger partial charge in [-0.1, -0.05) is 0 Å². The van der Waals surface area contributed by atoms with Gasteiger partial charge in [-0.05, 0) is 31.4 Å². The predicted molar refractivity (Wildman–Crippen MR) is 90.1 cm³/mol. The Morgan fingerprint density at radius 3 is 2.48 bits per heavy atom. The van der Waals surface area contributed by atoms with Crippen molar-refractivity contribution in [2.75, 3.05) is 21.3 Å². The lowest BCUT2D eigenvalue weighted by molar-refractivity contribution is -0.153. The van der Waals surface area contributed by atoms with E-state index in [9.17, 15) is 9.59 Å². The van der Waals surface area contributed by atoms with Crippen molar-refractivity contribution in [3.63, 3.8) is 0 Å². The van der Waals surface area contributed by atoms with Crippen LogP contribution >= 0.6 is 0 Å². The highest BCUT2D eigenvalue weighted by Gasteiger charge is 2.32. The van der Waals surface area contributed by atoms with E-state index in [2.05, 4.69) is 9.72 Å². The van der Waals surface area contributed by atoms with Crippen LogP contribution in [0.25, 0.3) is 10.9 Å². The topological polar surface area (TPSA) is 86.9 Å². The van der Waals surface area contributed by atoms with Gasteiger partial charge in [0.05, 0.1) is 50.3 Å². The molecule has 1 N–H and O–H groups in total. The van der Waals surface area contributed by atoms with E-state index in [1.807, 2.05) is 12.1 Å². The molecule has 0 spiro atoms. The van der Waals surface area contributed by atoms with Crippen molar-refractivity contribution in [1.82, 2.24) is 4.98 Å². The fraction of sp³-hybridized carbons (Fsp3) is 0.444. The average Bonchev–Trinajstić information content (AvgIpc) is 3.12. The first-order valence-corrected chi connectivity index (χ1v) is 8.13. The number of nitrogens with one attached hydrogen (secondary N) is 1. The zero-order valence-corrected chi connectivity index (χ0v) is 14.5. The van der Waals surface area contributed by atoms with Crippen LogP contribution in [0.3, 0.4) is 0 Å². The first-order chi connectivity index (χ1) is 12.1. The van der Waals surface area contributed by atoms with E-state index in [0.717, 1.165) is 23.0 Å². The number of esters is 2. The highest BCUT2D eigenvalue weighted by molar-refractivity contribution is 5.96. The largest absolute Gasteiger partial charge is 0.494 e. The third-order valence-electron chi connectivity index (χ3n) is 4.48. The molecule has 3 rings (SSSR count). The highest BCUT2D eigenvalue weighted by atomic mass is 16.6. The number of cyclic esters (lactones) is 2. The molecule has 1 saturated heterocycles. The standard InChI is InChI=1S/C18H21NO6/c1-22-13-8-7-11-15(17(13)24-3)16(23-2)12(19-11)6-4-5-10-9-14(20)25-18(10)21/h7-8,10,19H,4-6,9H2,1-3H3. The molecule has 0 amide bonds. The number of carbonyl (C=O) groups is 2. The molecule has 1 unspecified atom stereocenters. The summed E-state index contributed by atoms with van der Waals surface area (Å²) in [5.74, 6) is 0.763. The quantitative estimate of drug-likeness (QED) is 0.612. The number of methoxy groups -OCH3 is 3. The van der Waals surface area contributed by atoms with Crippen molar-refractivity contribution < 1.29 is 28.5 Å². The fourth-order valence-electron chi connectivity index (χ4n) is 3.29. The molecule has 1 fully saturated rings. The molecule has 7 nitrogen and oxygen atoms in total. The molecule has 2 aromatic rings. The molecular formula is C18H21NO6. The summed E-state index contributed by atoms with van der Waals surface area (Å²) < 4.78 is 21.0. The molecule has 1 atom stereocenters. The Bertz CT molecular complexity index is 809. The molecule has 0 aliphatic carbocycles. The van der Waals surface area contributed by atoms with Crippen LogP contribution in [0.4, 0.5) is 0 Å². The smallest absolute Gasteiger partial charge is 0.317 e. The maximum absolute atomic E-state index is 11.5. The van der Waals surface area contributed by atoms with E-state index in [1.165, 1.54) is 0 Å². The number of H-pyrrole nitrogens is 1. The highest BCUT2D eigenvalue weighted by Crippen LogP contribution is 2.43. The van der Waals surface area contributed by atoms with Gasteiger partial charge in [0, 0.05) is 0 Å². The van der Waals surface area contributed by atoms with Crippen molar-refractivity contribution >= 4 is 22.8 Å². The van der Waals surface area contributed by atoms with Crippen LogP contribution in [0, 0.1) is 5.92 Å². The minimum Gasteiger partial charge on any atom is -0.494 e. The van der Waals surface area contributed by atoms with Gasteiger partial charge in [0.1, 0.15) is 0 Å². The molecule has 0 bridgehead atoms. The SMILES string of the molecule is COc1ccc2[nH]c(CCCC3CC(=O)OC3=O)c(OC)c2c1OC. The minimum atomic E-state index is -0.435. The van der Waals surface area contributed by atoms with Crippen molar-refractivity contribution in [3.05, 3.63) is 17.8 Å². The van der Waals surface area contributed by atoms with E-state index in [1.54, 1.807) is 21.3 Å². The monoisotopic (exact) mass is 347 g/mol. The van der Waals surface area contributed by atoms with Crippen molar-refractivity contribution in [3.8, 4) is 17.2 Å².